The van der Waals surface area contributed by atoms with Gasteiger partial charge in [-0.3, -0.25) is 9.69 Å². The highest BCUT2D eigenvalue weighted by Gasteiger charge is 2.37. The summed E-state index contributed by atoms with van der Waals surface area (Å²) in [6.45, 7) is 5.04. The fourth-order valence-electron chi connectivity index (χ4n) is 2.24. The molecule has 1 saturated heterocycles. The van der Waals surface area contributed by atoms with Gasteiger partial charge in [-0.1, -0.05) is 13.3 Å². The highest BCUT2D eigenvalue weighted by Crippen LogP contribution is 2.16. The number of amides is 3. The van der Waals surface area contributed by atoms with Crippen LogP contribution in [0.2, 0.25) is 0 Å². The molecule has 6 heteroatoms. The van der Waals surface area contributed by atoms with Crippen LogP contribution in [0.3, 0.4) is 0 Å². The second-order valence-corrected chi connectivity index (χ2v) is 4.79. The number of rotatable bonds is 6. The molecule has 0 radical (unpaired) electrons. The number of aromatic nitrogens is 1. The summed E-state index contributed by atoms with van der Waals surface area (Å²) in [6, 6.07) is 2.99. The molecule has 0 bridgehead atoms. The third-order valence-electron chi connectivity index (χ3n) is 3.21. The fraction of sp³-hybridized carbons (Fsp3) is 0.500. The standard InChI is InChI=1S/C14H20N4O2/c1-3-5-11-13(19)18(14(20)17-11)9-10-6-7-16-12(8-10)15-4-2/h6-8,11H,3-5,9H2,1-2H3,(H,15,16)(H,17,20). The van der Waals surface area contributed by atoms with Crippen molar-refractivity contribution in [3.8, 4) is 0 Å². The van der Waals surface area contributed by atoms with E-state index >= 15 is 0 Å². The second-order valence-electron chi connectivity index (χ2n) is 4.79. The quantitative estimate of drug-likeness (QED) is 0.776. The fourth-order valence-corrected chi connectivity index (χ4v) is 2.24. The highest BCUT2D eigenvalue weighted by atomic mass is 16.2. The van der Waals surface area contributed by atoms with E-state index in [1.54, 1.807) is 6.20 Å². The van der Waals surface area contributed by atoms with Gasteiger partial charge < -0.3 is 10.6 Å². The molecule has 1 aromatic rings. The number of pyridine rings is 1. The summed E-state index contributed by atoms with van der Waals surface area (Å²) in [5.41, 5.74) is 0.886. The highest BCUT2D eigenvalue weighted by molar-refractivity contribution is 6.04. The molecule has 0 saturated carbocycles. The van der Waals surface area contributed by atoms with Crippen molar-refractivity contribution in [2.75, 3.05) is 11.9 Å². The molecule has 108 valence electrons. The van der Waals surface area contributed by atoms with E-state index in [0.29, 0.717) is 6.42 Å². The number of nitrogens with zero attached hydrogens (tertiary/aromatic N) is 2. The summed E-state index contributed by atoms with van der Waals surface area (Å²) < 4.78 is 0. The first-order valence-corrected chi connectivity index (χ1v) is 6.96. The maximum Gasteiger partial charge on any atom is 0.325 e. The van der Waals surface area contributed by atoms with Gasteiger partial charge in [0.05, 0.1) is 6.54 Å². The molecular weight excluding hydrogens is 256 g/mol. The lowest BCUT2D eigenvalue weighted by Crippen LogP contribution is -2.31. The lowest BCUT2D eigenvalue weighted by atomic mass is 10.1. The summed E-state index contributed by atoms with van der Waals surface area (Å²) in [4.78, 5) is 29.4. The van der Waals surface area contributed by atoms with Crippen molar-refractivity contribution in [1.29, 1.82) is 0 Å². The van der Waals surface area contributed by atoms with Crippen molar-refractivity contribution in [3.63, 3.8) is 0 Å². The van der Waals surface area contributed by atoms with Crippen LogP contribution in [0.4, 0.5) is 10.6 Å². The minimum absolute atomic E-state index is 0.140. The minimum atomic E-state index is -0.373. The Hall–Kier alpha value is -2.11. The topological polar surface area (TPSA) is 74.3 Å². The number of carbonyl (C=O) groups excluding carboxylic acids is 2. The van der Waals surface area contributed by atoms with Crippen LogP contribution in [0.5, 0.6) is 0 Å². The molecule has 2 heterocycles. The van der Waals surface area contributed by atoms with Gasteiger partial charge in [0.15, 0.2) is 0 Å². The summed E-state index contributed by atoms with van der Waals surface area (Å²) in [7, 11) is 0. The summed E-state index contributed by atoms with van der Waals surface area (Å²) in [6.07, 6.45) is 3.22. The normalized spacial score (nSPS) is 18.3. The molecule has 2 N–H and O–H groups in total. The van der Waals surface area contributed by atoms with E-state index in [9.17, 15) is 9.59 Å². The van der Waals surface area contributed by atoms with Gasteiger partial charge in [-0.25, -0.2) is 9.78 Å². The van der Waals surface area contributed by atoms with Gasteiger partial charge in [0.1, 0.15) is 11.9 Å². The molecule has 20 heavy (non-hydrogen) atoms. The van der Waals surface area contributed by atoms with Crippen LogP contribution in [0, 0.1) is 0 Å². The Bertz CT molecular complexity index is 504. The Morgan fingerprint density at radius 3 is 2.90 bits per heavy atom. The van der Waals surface area contributed by atoms with Crippen LogP contribution in [0.25, 0.3) is 0 Å². The lowest BCUT2D eigenvalue weighted by Gasteiger charge is -2.13. The molecule has 0 spiro atoms. The van der Waals surface area contributed by atoms with Crippen LogP contribution in [0.15, 0.2) is 18.3 Å². The van der Waals surface area contributed by atoms with E-state index in [4.69, 9.17) is 0 Å². The van der Waals surface area contributed by atoms with E-state index in [1.165, 1.54) is 4.90 Å². The first-order chi connectivity index (χ1) is 9.65. The smallest absolute Gasteiger partial charge is 0.325 e. The Morgan fingerprint density at radius 1 is 1.40 bits per heavy atom. The predicted molar refractivity (Wildman–Crippen MR) is 76.2 cm³/mol. The number of hydrogen-bond donors (Lipinski definition) is 2. The number of imide groups is 1. The van der Waals surface area contributed by atoms with Gasteiger partial charge in [0.25, 0.3) is 5.91 Å². The average Bonchev–Trinajstić information content (AvgIpc) is 2.68. The van der Waals surface area contributed by atoms with Crippen molar-refractivity contribution in [2.45, 2.75) is 39.3 Å². The predicted octanol–water partition coefficient (Wildman–Crippen LogP) is 1.73. The first-order valence-electron chi connectivity index (χ1n) is 6.96. The summed E-state index contributed by atoms with van der Waals surface area (Å²) in [5.74, 6) is 0.612. The van der Waals surface area contributed by atoms with Crippen LogP contribution >= 0.6 is 0 Å². The van der Waals surface area contributed by atoms with E-state index < -0.39 is 0 Å². The maximum absolute atomic E-state index is 12.1. The van der Waals surface area contributed by atoms with Crippen LogP contribution in [-0.2, 0) is 11.3 Å². The number of urea groups is 1. The largest absolute Gasteiger partial charge is 0.370 e. The number of anilines is 1. The molecule has 1 aliphatic rings. The van der Waals surface area contributed by atoms with Gasteiger partial charge in [0, 0.05) is 12.7 Å². The van der Waals surface area contributed by atoms with E-state index in [1.807, 2.05) is 26.0 Å². The van der Waals surface area contributed by atoms with Crippen molar-refractivity contribution in [2.24, 2.45) is 0 Å². The number of nitrogens with one attached hydrogen (secondary N) is 2. The van der Waals surface area contributed by atoms with Gasteiger partial charge >= 0.3 is 6.03 Å². The van der Waals surface area contributed by atoms with Gasteiger partial charge in [-0.05, 0) is 31.0 Å². The Labute approximate surface area is 118 Å². The maximum atomic E-state index is 12.1. The zero-order chi connectivity index (χ0) is 14.5. The molecular formula is C14H20N4O2. The van der Waals surface area contributed by atoms with Crippen molar-refractivity contribution >= 4 is 17.8 Å². The van der Waals surface area contributed by atoms with Crippen LogP contribution in [-0.4, -0.2) is 34.4 Å². The third kappa shape index (κ3) is 3.07. The molecule has 3 amide bonds. The Morgan fingerprint density at radius 2 is 2.20 bits per heavy atom. The lowest BCUT2D eigenvalue weighted by molar-refractivity contribution is -0.128. The third-order valence-corrected chi connectivity index (χ3v) is 3.21. The molecule has 2 rings (SSSR count). The van der Waals surface area contributed by atoms with Gasteiger partial charge in [0.2, 0.25) is 0 Å². The second kappa shape index (κ2) is 6.36. The Balaban J connectivity index is 2.07. The van der Waals surface area contributed by atoms with E-state index in [2.05, 4.69) is 15.6 Å². The number of hydrogen-bond acceptors (Lipinski definition) is 4. The molecule has 6 nitrogen and oxygen atoms in total. The van der Waals surface area contributed by atoms with E-state index in [0.717, 1.165) is 24.3 Å². The van der Waals surface area contributed by atoms with Gasteiger partial charge in [-0.15, -0.1) is 0 Å². The molecule has 1 fully saturated rings. The zero-order valence-corrected chi connectivity index (χ0v) is 11.8. The minimum Gasteiger partial charge on any atom is -0.370 e. The molecule has 0 aromatic carbocycles. The molecule has 1 aliphatic heterocycles. The first kappa shape index (κ1) is 14.3. The molecule has 1 aromatic heterocycles. The zero-order valence-electron chi connectivity index (χ0n) is 11.8. The molecule has 1 atom stereocenters. The monoisotopic (exact) mass is 276 g/mol. The average molecular weight is 276 g/mol. The molecule has 0 aliphatic carbocycles. The summed E-state index contributed by atoms with van der Waals surface area (Å²) >= 11 is 0. The Kier molecular flexibility index (Phi) is 4.55. The molecule has 1 unspecified atom stereocenters. The summed E-state index contributed by atoms with van der Waals surface area (Å²) in [5, 5.41) is 5.83. The van der Waals surface area contributed by atoms with Crippen molar-refractivity contribution < 1.29 is 9.59 Å². The number of carbonyl (C=O) groups is 2. The van der Waals surface area contributed by atoms with Crippen LogP contribution in [0.1, 0.15) is 32.3 Å². The van der Waals surface area contributed by atoms with Crippen LogP contribution < -0.4 is 10.6 Å². The van der Waals surface area contributed by atoms with E-state index in [-0.39, 0.29) is 24.5 Å². The van der Waals surface area contributed by atoms with Gasteiger partial charge in [-0.2, -0.15) is 0 Å². The SMILES string of the molecule is CCCC1NC(=O)N(Cc2ccnc(NCC)c2)C1=O. The van der Waals surface area contributed by atoms with Crippen molar-refractivity contribution in [3.05, 3.63) is 23.9 Å². The van der Waals surface area contributed by atoms with Crippen molar-refractivity contribution in [1.82, 2.24) is 15.2 Å².